The largest absolute Gasteiger partial charge is 0.481 e. The first-order valence-electron chi connectivity index (χ1n) is 7.45. The molecule has 0 aliphatic heterocycles. The third kappa shape index (κ3) is 4.19. The van der Waals surface area contributed by atoms with Crippen LogP contribution in [0.5, 0.6) is 0 Å². The molecule has 0 bridgehead atoms. The summed E-state index contributed by atoms with van der Waals surface area (Å²) in [7, 11) is 0. The molecule has 1 aliphatic rings. The molecule has 0 saturated heterocycles. The summed E-state index contributed by atoms with van der Waals surface area (Å²) in [6.07, 6.45) is 8.48. The van der Waals surface area contributed by atoms with Crippen molar-refractivity contribution in [2.24, 2.45) is 5.92 Å². The second kappa shape index (κ2) is 7.78. The molecule has 0 saturated carbocycles. The van der Waals surface area contributed by atoms with Gasteiger partial charge < -0.3 is 10.2 Å². The molecule has 0 aromatic rings. The van der Waals surface area contributed by atoms with Crippen molar-refractivity contribution >= 4 is 27.9 Å². The van der Waals surface area contributed by atoms with Crippen LogP contribution in [-0.4, -0.2) is 26.5 Å². The van der Waals surface area contributed by atoms with Gasteiger partial charge in [-0.2, -0.15) is 0 Å². The Labute approximate surface area is 134 Å². The standard InChI is InChI=1S/C16H23BrO4/c1-3-5-7-12-13(15(20)21)11(14(18)19)8-10-16(12,17)9-6-4-2/h8,10-11H,3-7,9H2,1-2H3,(H,18,19)(H,20,21). The molecule has 5 heteroatoms. The third-order valence-electron chi connectivity index (χ3n) is 3.86. The van der Waals surface area contributed by atoms with Crippen molar-refractivity contribution in [2.45, 2.75) is 56.7 Å². The maximum atomic E-state index is 11.6. The van der Waals surface area contributed by atoms with Crippen LogP contribution in [0.3, 0.4) is 0 Å². The van der Waals surface area contributed by atoms with Crippen LogP contribution in [0.15, 0.2) is 23.3 Å². The number of carboxylic acids is 2. The van der Waals surface area contributed by atoms with E-state index in [-0.39, 0.29) is 5.57 Å². The zero-order valence-electron chi connectivity index (χ0n) is 12.6. The smallest absolute Gasteiger partial charge is 0.332 e. The Kier molecular flexibility index (Phi) is 6.65. The van der Waals surface area contributed by atoms with E-state index >= 15 is 0 Å². The Balaban J connectivity index is 3.30. The molecule has 0 fully saturated rings. The Morgan fingerprint density at radius 1 is 1.24 bits per heavy atom. The van der Waals surface area contributed by atoms with Gasteiger partial charge in [0.15, 0.2) is 0 Å². The zero-order chi connectivity index (χ0) is 16.0. The van der Waals surface area contributed by atoms with Gasteiger partial charge in [0.2, 0.25) is 0 Å². The molecule has 0 radical (unpaired) electrons. The van der Waals surface area contributed by atoms with Gasteiger partial charge >= 0.3 is 11.9 Å². The average Bonchev–Trinajstić information content (AvgIpc) is 2.43. The second-order valence-electron chi connectivity index (χ2n) is 5.44. The molecule has 1 rings (SSSR count). The number of rotatable bonds is 8. The quantitative estimate of drug-likeness (QED) is 0.504. The SMILES string of the molecule is CCCCC1=C(C(=O)O)C(C(=O)O)C=CC1(Br)CCCC. The normalized spacial score (nSPS) is 25.2. The van der Waals surface area contributed by atoms with Crippen LogP contribution in [0.4, 0.5) is 0 Å². The summed E-state index contributed by atoms with van der Waals surface area (Å²) in [6, 6.07) is 0. The first-order chi connectivity index (χ1) is 9.87. The predicted molar refractivity (Wildman–Crippen MR) is 85.6 cm³/mol. The molecule has 21 heavy (non-hydrogen) atoms. The van der Waals surface area contributed by atoms with Crippen LogP contribution in [0.25, 0.3) is 0 Å². The molecule has 0 spiro atoms. The fourth-order valence-corrected chi connectivity index (χ4v) is 3.53. The van der Waals surface area contributed by atoms with Crippen LogP contribution in [0.2, 0.25) is 0 Å². The van der Waals surface area contributed by atoms with Crippen molar-refractivity contribution < 1.29 is 19.8 Å². The van der Waals surface area contributed by atoms with Gasteiger partial charge in [-0.25, -0.2) is 4.79 Å². The Morgan fingerprint density at radius 3 is 2.33 bits per heavy atom. The minimum absolute atomic E-state index is 0.0337. The van der Waals surface area contributed by atoms with Crippen molar-refractivity contribution in [3.8, 4) is 0 Å². The van der Waals surface area contributed by atoms with Crippen LogP contribution in [0, 0.1) is 5.92 Å². The number of hydrogen-bond acceptors (Lipinski definition) is 2. The lowest BCUT2D eigenvalue weighted by Crippen LogP contribution is -2.33. The lowest BCUT2D eigenvalue weighted by molar-refractivity contribution is -0.142. The van der Waals surface area contributed by atoms with Crippen molar-refractivity contribution in [1.82, 2.24) is 0 Å². The number of halogens is 1. The number of unbranched alkanes of at least 4 members (excludes halogenated alkanes) is 2. The van der Waals surface area contributed by atoms with Gasteiger partial charge in [0, 0.05) is 0 Å². The van der Waals surface area contributed by atoms with Crippen LogP contribution < -0.4 is 0 Å². The van der Waals surface area contributed by atoms with Crippen molar-refractivity contribution in [2.75, 3.05) is 0 Å². The highest BCUT2D eigenvalue weighted by Gasteiger charge is 2.40. The molecular formula is C16H23BrO4. The molecule has 4 nitrogen and oxygen atoms in total. The molecule has 1 aliphatic carbocycles. The summed E-state index contributed by atoms with van der Waals surface area (Å²) in [5.74, 6) is -3.29. The van der Waals surface area contributed by atoms with Gasteiger partial charge in [-0.05, 0) is 24.8 Å². The van der Waals surface area contributed by atoms with E-state index in [1.807, 2.05) is 13.0 Å². The number of carboxylic acid groups (broad SMARTS) is 2. The van der Waals surface area contributed by atoms with E-state index in [1.165, 1.54) is 6.08 Å². The van der Waals surface area contributed by atoms with Gasteiger partial charge in [-0.15, -0.1) is 0 Å². The molecule has 0 aromatic heterocycles. The molecular weight excluding hydrogens is 336 g/mol. The van der Waals surface area contributed by atoms with Gasteiger partial charge in [-0.1, -0.05) is 61.2 Å². The summed E-state index contributed by atoms with van der Waals surface area (Å²) in [5.41, 5.74) is 0.756. The van der Waals surface area contributed by atoms with Gasteiger partial charge in [0.1, 0.15) is 5.92 Å². The summed E-state index contributed by atoms with van der Waals surface area (Å²) in [4.78, 5) is 23.0. The highest BCUT2D eigenvalue weighted by molar-refractivity contribution is 9.10. The summed E-state index contributed by atoms with van der Waals surface area (Å²) < 4.78 is -0.516. The Bertz CT molecular complexity index is 467. The van der Waals surface area contributed by atoms with E-state index in [9.17, 15) is 19.8 Å². The number of allylic oxidation sites excluding steroid dienone is 2. The van der Waals surface area contributed by atoms with Crippen LogP contribution in [-0.2, 0) is 9.59 Å². The maximum absolute atomic E-state index is 11.6. The Hall–Kier alpha value is -1.10. The maximum Gasteiger partial charge on any atom is 0.332 e. The number of carbonyl (C=O) groups is 2. The molecule has 0 amide bonds. The van der Waals surface area contributed by atoms with E-state index < -0.39 is 22.2 Å². The fourth-order valence-electron chi connectivity index (χ4n) is 2.69. The fraction of sp³-hybridized carbons (Fsp3) is 0.625. The van der Waals surface area contributed by atoms with E-state index in [0.717, 1.165) is 37.7 Å². The summed E-state index contributed by atoms with van der Waals surface area (Å²) >= 11 is 3.68. The first kappa shape index (κ1) is 18.0. The summed E-state index contributed by atoms with van der Waals surface area (Å²) in [5, 5.41) is 18.8. The zero-order valence-corrected chi connectivity index (χ0v) is 14.1. The van der Waals surface area contributed by atoms with Crippen LogP contribution >= 0.6 is 15.9 Å². The number of hydrogen-bond donors (Lipinski definition) is 2. The molecule has 118 valence electrons. The topological polar surface area (TPSA) is 74.6 Å². The van der Waals surface area contributed by atoms with Crippen molar-refractivity contribution in [3.63, 3.8) is 0 Å². The van der Waals surface area contributed by atoms with Gasteiger partial charge in [-0.3, -0.25) is 4.79 Å². The number of aliphatic carboxylic acids is 2. The van der Waals surface area contributed by atoms with Crippen LogP contribution in [0.1, 0.15) is 52.4 Å². The second-order valence-corrected chi connectivity index (χ2v) is 6.86. The predicted octanol–water partition coefficient (Wildman–Crippen LogP) is 4.15. The molecule has 2 unspecified atom stereocenters. The van der Waals surface area contributed by atoms with Gasteiger partial charge in [0.05, 0.1) is 9.90 Å². The monoisotopic (exact) mass is 358 g/mol. The molecule has 0 aromatic carbocycles. The lowest BCUT2D eigenvalue weighted by atomic mass is 9.77. The molecule has 2 atom stereocenters. The molecule has 2 N–H and O–H groups in total. The average molecular weight is 359 g/mol. The minimum atomic E-state index is -1.13. The third-order valence-corrected chi connectivity index (χ3v) is 5.00. The first-order valence-corrected chi connectivity index (χ1v) is 8.24. The number of alkyl halides is 1. The van der Waals surface area contributed by atoms with E-state index in [0.29, 0.717) is 6.42 Å². The lowest BCUT2D eigenvalue weighted by Gasteiger charge is -2.34. The van der Waals surface area contributed by atoms with Crippen molar-refractivity contribution in [1.29, 1.82) is 0 Å². The Morgan fingerprint density at radius 2 is 1.86 bits per heavy atom. The van der Waals surface area contributed by atoms with Gasteiger partial charge in [0.25, 0.3) is 0 Å². The molecule has 0 heterocycles. The highest BCUT2D eigenvalue weighted by atomic mass is 79.9. The minimum Gasteiger partial charge on any atom is -0.481 e. The summed E-state index contributed by atoms with van der Waals surface area (Å²) in [6.45, 7) is 4.12. The van der Waals surface area contributed by atoms with E-state index in [4.69, 9.17) is 0 Å². The van der Waals surface area contributed by atoms with E-state index in [1.54, 1.807) is 0 Å². The highest BCUT2D eigenvalue weighted by Crippen LogP contribution is 2.44. The van der Waals surface area contributed by atoms with E-state index in [2.05, 4.69) is 22.9 Å². The van der Waals surface area contributed by atoms with Crippen molar-refractivity contribution in [3.05, 3.63) is 23.3 Å².